The number of carbonyl (C=O) groups excluding carboxylic acids is 1. The van der Waals surface area contributed by atoms with E-state index in [2.05, 4.69) is 15.6 Å². The van der Waals surface area contributed by atoms with E-state index in [-0.39, 0.29) is 11.6 Å². The molecule has 0 saturated heterocycles. The molecule has 3 rings (SSSR count). The van der Waals surface area contributed by atoms with Gasteiger partial charge in [-0.2, -0.15) is 0 Å². The number of ether oxygens (including phenoxy) is 2. The summed E-state index contributed by atoms with van der Waals surface area (Å²) < 4.78 is 28.8. The van der Waals surface area contributed by atoms with Gasteiger partial charge in [0.15, 0.2) is 11.8 Å². The van der Waals surface area contributed by atoms with Crippen LogP contribution < -0.4 is 14.8 Å². The highest BCUT2D eigenvalue weighted by atomic mass is 19.1. The van der Waals surface area contributed by atoms with Crippen molar-refractivity contribution >= 4 is 11.7 Å². The van der Waals surface area contributed by atoms with Crippen molar-refractivity contribution in [3.05, 3.63) is 53.8 Å². The van der Waals surface area contributed by atoms with Gasteiger partial charge in [0.25, 0.3) is 5.91 Å². The molecule has 1 unspecified atom stereocenters. The minimum atomic E-state index is -0.836. The van der Waals surface area contributed by atoms with Gasteiger partial charge in [0.2, 0.25) is 5.82 Å². The summed E-state index contributed by atoms with van der Waals surface area (Å²) in [5.41, 5.74) is 2.05. The first-order valence-corrected chi connectivity index (χ1v) is 8.77. The number of hydrogen-bond donors (Lipinski definition) is 1. The van der Waals surface area contributed by atoms with Gasteiger partial charge in [-0.3, -0.25) is 4.79 Å². The van der Waals surface area contributed by atoms with Crippen molar-refractivity contribution < 1.29 is 23.3 Å². The first-order valence-electron chi connectivity index (χ1n) is 8.77. The largest absolute Gasteiger partial charge is 0.494 e. The average molecular weight is 385 g/mol. The lowest BCUT2D eigenvalue weighted by Gasteiger charge is -2.14. The van der Waals surface area contributed by atoms with E-state index in [4.69, 9.17) is 14.1 Å². The van der Waals surface area contributed by atoms with Gasteiger partial charge in [0.1, 0.15) is 17.3 Å². The molecule has 0 bridgehead atoms. The number of amides is 1. The Morgan fingerprint density at radius 1 is 1.21 bits per heavy atom. The Balaban J connectivity index is 1.72. The third-order valence-corrected chi connectivity index (χ3v) is 3.97. The molecule has 1 N–H and O–H groups in total. The van der Waals surface area contributed by atoms with Crippen LogP contribution in [0.15, 0.2) is 47.1 Å². The van der Waals surface area contributed by atoms with Crippen molar-refractivity contribution in [3.63, 3.8) is 0 Å². The Bertz CT molecular complexity index is 956. The monoisotopic (exact) mass is 385 g/mol. The molecule has 28 heavy (non-hydrogen) atoms. The van der Waals surface area contributed by atoms with Gasteiger partial charge in [-0.25, -0.2) is 9.02 Å². The highest BCUT2D eigenvalue weighted by molar-refractivity contribution is 5.96. The standard InChI is InChI=1S/C20H20FN3O4/c1-4-26-17-10-5-14(11-12(17)2)18-19(24-28-23-18)22-20(25)13(3)27-16-8-6-15(21)7-9-16/h5-11,13H,4H2,1-3H3,(H,22,24,25). The number of nitrogens with one attached hydrogen (secondary N) is 1. The van der Waals surface area contributed by atoms with Gasteiger partial charge in [-0.05, 0) is 79.1 Å². The molecule has 0 aliphatic rings. The van der Waals surface area contributed by atoms with E-state index in [0.29, 0.717) is 18.1 Å². The molecule has 1 aromatic heterocycles. The summed E-state index contributed by atoms with van der Waals surface area (Å²) in [4.78, 5) is 12.4. The molecule has 7 nitrogen and oxygen atoms in total. The average Bonchev–Trinajstić information content (AvgIpc) is 3.13. The van der Waals surface area contributed by atoms with Crippen molar-refractivity contribution in [1.29, 1.82) is 0 Å². The van der Waals surface area contributed by atoms with Crippen LogP contribution in [0.3, 0.4) is 0 Å². The lowest BCUT2D eigenvalue weighted by Crippen LogP contribution is -2.30. The lowest BCUT2D eigenvalue weighted by atomic mass is 10.1. The van der Waals surface area contributed by atoms with Crippen LogP contribution in [0.2, 0.25) is 0 Å². The number of carbonyl (C=O) groups is 1. The van der Waals surface area contributed by atoms with E-state index < -0.39 is 12.0 Å². The van der Waals surface area contributed by atoms with Crippen molar-refractivity contribution in [1.82, 2.24) is 10.3 Å². The fourth-order valence-electron chi connectivity index (χ4n) is 2.56. The molecule has 2 aromatic carbocycles. The Hall–Kier alpha value is -3.42. The molecule has 0 radical (unpaired) electrons. The second kappa shape index (κ2) is 8.51. The molecule has 146 valence electrons. The van der Waals surface area contributed by atoms with Gasteiger partial charge in [0.05, 0.1) is 6.61 Å². The molecule has 1 atom stereocenters. The maximum atomic E-state index is 13.0. The van der Waals surface area contributed by atoms with Crippen LogP contribution in [-0.4, -0.2) is 28.9 Å². The number of aromatic nitrogens is 2. The zero-order chi connectivity index (χ0) is 20.1. The van der Waals surface area contributed by atoms with E-state index in [1.54, 1.807) is 6.92 Å². The Morgan fingerprint density at radius 2 is 1.96 bits per heavy atom. The molecule has 0 saturated carbocycles. The predicted molar refractivity (Wildman–Crippen MR) is 101 cm³/mol. The fraction of sp³-hybridized carbons (Fsp3) is 0.250. The number of benzene rings is 2. The molecule has 1 amide bonds. The Labute approximate surface area is 161 Å². The Morgan fingerprint density at radius 3 is 2.64 bits per heavy atom. The van der Waals surface area contributed by atoms with Gasteiger partial charge in [-0.15, -0.1) is 0 Å². The quantitative estimate of drug-likeness (QED) is 0.662. The second-order valence-corrected chi connectivity index (χ2v) is 6.08. The number of anilines is 1. The topological polar surface area (TPSA) is 86.5 Å². The van der Waals surface area contributed by atoms with Crippen LogP contribution in [-0.2, 0) is 4.79 Å². The van der Waals surface area contributed by atoms with Gasteiger partial charge in [-0.1, -0.05) is 0 Å². The summed E-state index contributed by atoms with van der Waals surface area (Å²) in [5.74, 6) is 0.514. The molecule has 0 aliphatic heterocycles. The first kappa shape index (κ1) is 19.3. The lowest BCUT2D eigenvalue weighted by molar-refractivity contribution is -0.122. The van der Waals surface area contributed by atoms with E-state index in [1.807, 2.05) is 32.0 Å². The molecule has 1 heterocycles. The predicted octanol–water partition coefficient (Wildman–Crippen LogP) is 3.99. The number of hydrogen-bond acceptors (Lipinski definition) is 6. The highest BCUT2D eigenvalue weighted by Crippen LogP contribution is 2.29. The zero-order valence-electron chi connectivity index (χ0n) is 15.7. The summed E-state index contributed by atoms with van der Waals surface area (Å²) in [6, 6.07) is 10.9. The maximum Gasteiger partial charge on any atom is 0.266 e. The summed E-state index contributed by atoms with van der Waals surface area (Å²) in [7, 11) is 0. The molecule has 8 heteroatoms. The van der Waals surface area contributed by atoms with Gasteiger partial charge >= 0.3 is 0 Å². The van der Waals surface area contributed by atoms with E-state index in [0.717, 1.165) is 16.9 Å². The van der Waals surface area contributed by atoms with Crippen molar-refractivity contribution in [2.24, 2.45) is 0 Å². The summed E-state index contributed by atoms with van der Waals surface area (Å²) in [6.07, 6.45) is -0.836. The Kier molecular flexibility index (Phi) is 5.88. The van der Waals surface area contributed by atoms with Crippen molar-refractivity contribution in [2.45, 2.75) is 26.9 Å². The SMILES string of the molecule is CCOc1ccc(-c2nonc2NC(=O)C(C)Oc2ccc(F)cc2)cc1C. The van der Waals surface area contributed by atoms with Crippen LogP contribution >= 0.6 is 0 Å². The number of aryl methyl sites for hydroxylation is 1. The van der Waals surface area contributed by atoms with Crippen LogP contribution in [0.4, 0.5) is 10.2 Å². The molecule has 0 spiro atoms. The summed E-state index contributed by atoms with van der Waals surface area (Å²) in [5, 5.41) is 10.3. The third kappa shape index (κ3) is 4.46. The van der Waals surface area contributed by atoms with E-state index in [1.165, 1.54) is 24.3 Å². The van der Waals surface area contributed by atoms with Gasteiger partial charge < -0.3 is 14.8 Å². The summed E-state index contributed by atoms with van der Waals surface area (Å²) >= 11 is 0. The minimum absolute atomic E-state index is 0.183. The second-order valence-electron chi connectivity index (χ2n) is 6.08. The molecular weight excluding hydrogens is 365 g/mol. The fourth-order valence-corrected chi connectivity index (χ4v) is 2.56. The molecule has 0 fully saturated rings. The summed E-state index contributed by atoms with van der Waals surface area (Å²) in [6.45, 7) is 5.97. The van der Waals surface area contributed by atoms with Crippen LogP contribution in [0, 0.1) is 12.7 Å². The first-order chi connectivity index (χ1) is 13.5. The van der Waals surface area contributed by atoms with Crippen molar-refractivity contribution in [3.8, 4) is 22.8 Å². The number of rotatable bonds is 7. The third-order valence-electron chi connectivity index (χ3n) is 3.97. The van der Waals surface area contributed by atoms with E-state index >= 15 is 0 Å². The smallest absolute Gasteiger partial charge is 0.266 e. The number of nitrogens with zero attached hydrogens (tertiary/aromatic N) is 2. The molecular formula is C20H20FN3O4. The van der Waals surface area contributed by atoms with E-state index in [9.17, 15) is 9.18 Å². The van der Waals surface area contributed by atoms with Gasteiger partial charge in [0, 0.05) is 5.56 Å². The van der Waals surface area contributed by atoms with Crippen LogP contribution in [0.1, 0.15) is 19.4 Å². The highest BCUT2D eigenvalue weighted by Gasteiger charge is 2.20. The van der Waals surface area contributed by atoms with Crippen molar-refractivity contribution in [2.75, 3.05) is 11.9 Å². The zero-order valence-corrected chi connectivity index (χ0v) is 15.7. The molecule has 3 aromatic rings. The minimum Gasteiger partial charge on any atom is -0.494 e. The normalized spacial score (nSPS) is 11.7. The van der Waals surface area contributed by atoms with Crippen LogP contribution in [0.25, 0.3) is 11.3 Å². The van der Waals surface area contributed by atoms with Crippen LogP contribution in [0.5, 0.6) is 11.5 Å². The number of halogens is 1. The molecule has 0 aliphatic carbocycles. The maximum absolute atomic E-state index is 13.0.